The summed E-state index contributed by atoms with van der Waals surface area (Å²) in [6.07, 6.45) is 0. The maximum atomic E-state index is 12.0. The van der Waals surface area contributed by atoms with E-state index in [1.54, 1.807) is 0 Å². The number of amides is 1. The SMILES string of the molecule is CCN(CC)c1ccc(N2CCN(C(=O)C(C)C)CC2)cc1. The summed E-state index contributed by atoms with van der Waals surface area (Å²) < 4.78 is 0. The van der Waals surface area contributed by atoms with E-state index in [0.717, 1.165) is 39.3 Å². The Labute approximate surface area is 134 Å². The number of benzene rings is 1. The van der Waals surface area contributed by atoms with Gasteiger partial charge in [0, 0.05) is 56.6 Å². The third-order valence-corrected chi connectivity index (χ3v) is 4.43. The molecule has 0 radical (unpaired) electrons. The minimum absolute atomic E-state index is 0.0971. The van der Waals surface area contributed by atoms with Crippen LogP contribution >= 0.6 is 0 Å². The number of rotatable bonds is 5. The molecule has 0 saturated carbocycles. The Bertz CT molecular complexity index is 472. The second kappa shape index (κ2) is 7.52. The first-order valence-corrected chi connectivity index (χ1v) is 8.45. The van der Waals surface area contributed by atoms with Crippen molar-refractivity contribution in [1.82, 2.24) is 4.90 Å². The van der Waals surface area contributed by atoms with Crippen molar-refractivity contribution in [2.75, 3.05) is 49.1 Å². The number of hydrogen-bond donors (Lipinski definition) is 0. The van der Waals surface area contributed by atoms with Crippen LogP contribution in [0.25, 0.3) is 0 Å². The maximum absolute atomic E-state index is 12.0. The fourth-order valence-corrected chi connectivity index (χ4v) is 3.01. The molecule has 1 aromatic rings. The predicted octanol–water partition coefficient (Wildman–Crippen LogP) is 2.84. The van der Waals surface area contributed by atoms with Gasteiger partial charge < -0.3 is 14.7 Å². The Hall–Kier alpha value is -1.71. The molecular weight excluding hydrogens is 274 g/mol. The highest BCUT2D eigenvalue weighted by Crippen LogP contribution is 2.22. The van der Waals surface area contributed by atoms with Crippen molar-refractivity contribution < 1.29 is 4.79 Å². The zero-order valence-electron chi connectivity index (χ0n) is 14.4. The van der Waals surface area contributed by atoms with Crippen molar-refractivity contribution in [3.8, 4) is 0 Å². The van der Waals surface area contributed by atoms with E-state index in [1.807, 2.05) is 18.7 Å². The van der Waals surface area contributed by atoms with E-state index >= 15 is 0 Å². The normalized spacial score (nSPS) is 15.3. The van der Waals surface area contributed by atoms with Gasteiger partial charge >= 0.3 is 0 Å². The van der Waals surface area contributed by atoms with E-state index in [1.165, 1.54) is 11.4 Å². The van der Waals surface area contributed by atoms with Crippen LogP contribution in [0.4, 0.5) is 11.4 Å². The highest BCUT2D eigenvalue weighted by Gasteiger charge is 2.22. The highest BCUT2D eigenvalue weighted by atomic mass is 16.2. The summed E-state index contributed by atoms with van der Waals surface area (Å²) in [4.78, 5) is 18.7. The summed E-state index contributed by atoms with van der Waals surface area (Å²) in [5.41, 5.74) is 2.54. The molecule has 1 saturated heterocycles. The van der Waals surface area contributed by atoms with Crippen molar-refractivity contribution in [3.63, 3.8) is 0 Å². The molecule has 0 aliphatic carbocycles. The molecule has 4 heteroatoms. The minimum atomic E-state index is 0.0971. The first-order chi connectivity index (χ1) is 10.6. The van der Waals surface area contributed by atoms with Crippen LogP contribution < -0.4 is 9.80 Å². The second-order valence-corrected chi connectivity index (χ2v) is 6.16. The first-order valence-electron chi connectivity index (χ1n) is 8.45. The van der Waals surface area contributed by atoms with E-state index in [4.69, 9.17) is 0 Å². The molecule has 1 aromatic carbocycles. The summed E-state index contributed by atoms with van der Waals surface area (Å²) in [5.74, 6) is 0.372. The van der Waals surface area contributed by atoms with Crippen LogP contribution in [0.2, 0.25) is 0 Å². The molecule has 0 N–H and O–H groups in total. The zero-order chi connectivity index (χ0) is 16.1. The third-order valence-electron chi connectivity index (χ3n) is 4.43. The summed E-state index contributed by atoms with van der Waals surface area (Å²) in [6, 6.07) is 8.81. The minimum Gasteiger partial charge on any atom is -0.372 e. The van der Waals surface area contributed by atoms with Crippen LogP contribution in [0.1, 0.15) is 27.7 Å². The summed E-state index contributed by atoms with van der Waals surface area (Å²) in [7, 11) is 0. The Morgan fingerprint density at radius 3 is 2.05 bits per heavy atom. The molecule has 0 bridgehead atoms. The number of anilines is 2. The zero-order valence-corrected chi connectivity index (χ0v) is 14.4. The Kier molecular flexibility index (Phi) is 5.69. The van der Waals surface area contributed by atoms with Gasteiger partial charge in [-0.3, -0.25) is 4.79 Å². The number of carbonyl (C=O) groups excluding carboxylic acids is 1. The van der Waals surface area contributed by atoms with E-state index in [9.17, 15) is 4.79 Å². The number of carbonyl (C=O) groups is 1. The Morgan fingerprint density at radius 1 is 1.05 bits per heavy atom. The topological polar surface area (TPSA) is 26.8 Å². The molecule has 22 heavy (non-hydrogen) atoms. The van der Waals surface area contributed by atoms with Gasteiger partial charge in [-0.05, 0) is 38.1 Å². The second-order valence-electron chi connectivity index (χ2n) is 6.16. The van der Waals surface area contributed by atoms with Crippen LogP contribution in [-0.4, -0.2) is 50.1 Å². The molecule has 1 heterocycles. The highest BCUT2D eigenvalue weighted by molar-refractivity contribution is 5.78. The molecule has 122 valence electrons. The molecule has 0 unspecified atom stereocenters. The number of hydrogen-bond acceptors (Lipinski definition) is 3. The first kappa shape index (κ1) is 16.7. The van der Waals surface area contributed by atoms with Crippen molar-refractivity contribution in [2.24, 2.45) is 5.92 Å². The lowest BCUT2D eigenvalue weighted by Crippen LogP contribution is -2.49. The average molecular weight is 303 g/mol. The lowest BCUT2D eigenvalue weighted by atomic mass is 10.1. The average Bonchev–Trinajstić information content (AvgIpc) is 2.56. The molecule has 1 aliphatic heterocycles. The van der Waals surface area contributed by atoms with Gasteiger partial charge in [0.25, 0.3) is 0 Å². The van der Waals surface area contributed by atoms with Crippen LogP contribution in [0, 0.1) is 5.92 Å². The van der Waals surface area contributed by atoms with Gasteiger partial charge in [-0.25, -0.2) is 0 Å². The van der Waals surface area contributed by atoms with Crippen molar-refractivity contribution in [3.05, 3.63) is 24.3 Å². The Morgan fingerprint density at radius 2 is 1.59 bits per heavy atom. The van der Waals surface area contributed by atoms with Crippen LogP contribution in [0.3, 0.4) is 0 Å². The van der Waals surface area contributed by atoms with E-state index in [-0.39, 0.29) is 11.8 Å². The number of nitrogens with zero attached hydrogens (tertiary/aromatic N) is 3. The lowest BCUT2D eigenvalue weighted by Gasteiger charge is -2.37. The van der Waals surface area contributed by atoms with Gasteiger partial charge in [-0.15, -0.1) is 0 Å². The van der Waals surface area contributed by atoms with Crippen LogP contribution in [0.15, 0.2) is 24.3 Å². The van der Waals surface area contributed by atoms with Crippen LogP contribution in [0.5, 0.6) is 0 Å². The maximum Gasteiger partial charge on any atom is 0.225 e. The molecule has 0 spiro atoms. The Balaban J connectivity index is 1.95. The third kappa shape index (κ3) is 3.73. The summed E-state index contributed by atoms with van der Waals surface area (Å²) >= 11 is 0. The van der Waals surface area contributed by atoms with Gasteiger partial charge in [0.15, 0.2) is 0 Å². The molecule has 0 atom stereocenters. The molecule has 1 aliphatic rings. The van der Waals surface area contributed by atoms with Crippen LogP contribution in [-0.2, 0) is 4.79 Å². The predicted molar refractivity (Wildman–Crippen MR) is 93.6 cm³/mol. The quantitative estimate of drug-likeness (QED) is 0.837. The molecule has 2 rings (SSSR count). The van der Waals surface area contributed by atoms with E-state index in [2.05, 4.69) is 47.9 Å². The standard InChI is InChI=1S/C18H29N3O/c1-5-19(6-2)16-7-9-17(10-8-16)20-11-13-21(14-12-20)18(22)15(3)4/h7-10,15H,5-6,11-14H2,1-4H3. The fraction of sp³-hybridized carbons (Fsp3) is 0.611. The molecule has 4 nitrogen and oxygen atoms in total. The van der Waals surface area contributed by atoms with E-state index < -0.39 is 0 Å². The van der Waals surface area contributed by atoms with Gasteiger partial charge in [0.2, 0.25) is 5.91 Å². The molecule has 1 fully saturated rings. The van der Waals surface area contributed by atoms with Gasteiger partial charge in [0.05, 0.1) is 0 Å². The summed E-state index contributed by atoms with van der Waals surface area (Å²) in [5, 5.41) is 0. The van der Waals surface area contributed by atoms with Crippen molar-refractivity contribution in [2.45, 2.75) is 27.7 Å². The monoisotopic (exact) mass is 303 g/mol. The van der Waals surface area contributed by atoms with Gasteiger partial charge in [-0.1, -0.05) is 13.8 Å². The fourth-order valence-electron chi connectivity index (χ4n) is 3.01. The summed E-state index contributed by atoms with van der Waals surface area (Å²) in [6.45, 7) is 13.9. The van der Waals surface area contributed by atoms with Crippen molar-refractivity contribution >= 4 is 17.3 Å². The number of piperazine rings is 1. The van der Waals surface area contributed by atoms with Gasteiger partial charge in [-0.2, -0.15) is 0 Å². The van der Waals surface area contributed by atoms with Crippen molar-refractivity contribution in [1.29, 1.82) is 0 Å². The molecular formula is C18H29N3O. The molecule has 1 amide bonds. The van der Waals surface area contributed by atoms with Gasteiger partial charge in [0.1, 0.15) is 0 Å². The smallest absolute Gasteiger partial charge is 0.225 e. The largest absolute Gasteiger partial charge is 0.372 e. The molecule has 0 aromatic heterocycles. The van der Waals surface area contributed by atoms with E-state index in [0.29, 0.717) is 0 Å². The lowest BCUT2D eigenvalue weighted by molar-refractivity contribution is -0.134.